The first-order valence-electron chi connectivity index (χ1n) is 1.63. The Hall–Kier alpha value is 0.0229. The number of rotatable bonds is 2. The summed E-state index contributed by atoms with van der Waals surface area (Å²) in [5, 5.41) is 0. The molecule has 0 unspecified atom stereocenters. The quantitative estimate of drug-likeness (QED) is 0.474. The molecule has 0 saturated carbocycles. The molecular weight excluding hydrogens is 121 g/mol. The third-order valence-corrected chi connectivity index (χ3v) is 1.73. The van der Waals surface area contributed by atoms with Crippen molar-refractivity contribution in [3.05, 3.63) is 23.0 Å². The van der Waals surface area contributed by atoms with Gasteiger partial charge in [-0.25, -0.2) is 0 Å². The predicted molar refractivity (Wildman–Crippen MR) is 28.9 cm³/mol. The fourth-order valence-electron chi connectivity index (χ4n) is 0.118. The molecule has 5 heavy (non-hydrogen) atoms. The Bertz CT molecular complexity index is 32.9. The molecule has 0 spiro atoms. The molecule has 0 aromatic heterocycles. The van der Waals surface area contributed by atoms with Crippen LogP contribution in [-0.2, 0) is 0 Å². The van der Waals surface area contributed by atoms with Crippen molar-refractivity contribution in [2.24, 2.45) is 0 Å². The molecule has 0 aromatic rings. The van der Waals surface area contributed by atoms with Crippen LogP contribution >= 0.6 is 0 Å². The average Bonchev–Trinajstić information content (AvgIpc) is 1.41. The Morgan fingerprint density at radius 2 is 1.60 bits per heavy atom. The topological polar surface area (TPSA) is 0 Å². The third-order valence-electron chi connectivity index (χ3n) is 0.333. The number of hydrogen-bond donors (Lipinski definition) is 0. The van der Waals surface area contributed by atoms with Gasteiger partial charge in [-0.2, -0.15) is 0 Å². The standard InChI is InChI=1S/C4H8Ge/c1-3-5-4-2/h3-4H,1-2,5H2. The van der Waals surface area contributed by atoms with Gasteiger partial charge in [-0.1, -0.05) is 0 Å². The molecule has 0 aliphatic carbocycles. The Morgan fingerprint density at radius 1 is 1.20 bits per heavy atom. The van der Waals surface area contributed by atoms with Gasteiger partial charge >= 0.3 is 38.4 Å². The minimum atomic E-state index is -0.375. The third kappa shape index (κ3) is 4.02. The first-order chi connectivity index (χ1) is 2.41. The van der Waals surface area contributed by atoms with Crippen molar-refractivity contribution in [2.45, 2.75) is 0 Å². The summed E-state index contributed by atoms with van der Waals surface area (Å²) < 4.78 is 0. The molecule has 0 aliphatic rings. The van der Waals surface area contributed by atoms with Gasteiger partial charge in [-0.15, -0.1) is 0 Å². The minimum absolute atomic E-state index is 0.375. The van der Waals surface area contributed by atoms with E-state index in [1.807, 2.05) is 9.82 Å². The summed E-state index contributed by atoms with van der Waals surface area (Å²) in [6, 6.07) is 0. The van der Waals surface area contributed by atoms with E-state index < -0.39 is 0 Å². The van der Waals surface area contributed by atoms with Crippen LogP contribution in [0, 0.1) is 0 Å². The van der Waals surface area contributed by atoms with Crippen molar-refractivity contribution >= 4 is 15.4 Å². The van der Waals surface area contributed by atoms with Gasteiger partial charge in [0.1, 0.15) is 0 Å². The van der Waals surface area contributed by atoms with E-state index in [4.69, 9.17) is 0 Å². The van der Waals surface area contributed by atoms with Crippen molar-refractivity contribution in [1.29, 1.82) is 0 Å². The zero-order valence-electron chi connectivity index (χ0n) is 3.28. The van der Waals surface area contributed by atoms with Crippen LogP contribution in [0.25, 0.3) is 0 Å². The molecular formula is C4H8Ge. The van der Waals surface area contributed by atoms with Crippen molar-refractivity contribution in [2.75, 3.05) is 0 Å². The maximum atomic E-state index is 3.56. The summed E-state index contributed by atoms with van der Waals surface area (Å²) in [6.07, 6.45) is 0. The fourth-order valence-corrected chi connectivity index (χ4v) is 0.612. The van der Waals surface area contributed by atoms with Gasteiger partial charge in [-0.3, -0.25) is 0 Å². The summed E-state index contributed by atoms with van der Waals surface area (Å²) in [7, 11) is 0. The second-order valence-corrected chi connectivity index (χ2v) is 4.22. The predicted octanol–water partition coefficient (Wildman–Crippen LogP) is 0.442. The molecule has 0 N–H and O–H groups in total. The van der Waals surface area contributed by atoms with Gasteiger partial charge in [0.15, 0.2) is 0 Å². The van der Waals surface area contributed by atoms with Crippen LogP contribution in [0.4, 0.5) is 0 Å². The molecule has 0 rings (SSSR count). The van der Waals surface area contributed by atoms with E-state index in [2.05, 4.69) is 13.2 Å². The van der Waals surface area contributed by atoms with Crippen molar-refractivity contribution < 1.29 is 0 Å². The monoisotopic (exact) mass is 130 g/mol. The number of hydrogen-bond acceptors (Lipinski definition) is 0. The molecule has 0 bridgehead atoms. The average molecular weight is 129 g/mol. The Morgan fingerprint density at radius 3 is 1.60 bits per heavy atom. The molecule has 0 nitrogen and oxygen atoms in total. The van der Waals surface area contributed by atoms with Gasteiger partial charge in [-0.05, 0) is 0 Å². The normalized spacial score (nSPS) is 6.40. The van der Waals surface area contributed by atoms with Crippen LogP contribution in [-0.4, -0.2) is 15.4 Å². The molecule has 0 saturated heterocycles. The van der Waals surface area contributed by atoms with E-state index in [1.54, 1.807) is 0 Å². The van der Waals surface area contributed by atoms with Crippen LogP contribution in [0.5, 0.6) is 0 Å². The van der Waals surface area contributed by atoms with Gasteiger partial charge in [0.05, 0.1) is 0 Å². The van der Waals surface area contributed by atoms with E-state index in [0.717, 1.165) is 0 Å². The van der Waals surface area contributed by atoms with Crippen molar-refractivity contribution in [3.8, 4) is 0 Å². The molecule has 28 valence electrons. The van der Waals surface area contributed by atoms with Gasteiger partial charge < -0.3 is 0 Å². The first kappa shape index (κ1) is 5.02. The van der Waals surface area contributed by atoms with Crippen molar-refractivity contribution in [1.82, 2.24) is 0 Å². The SMILES string of the molecule is C=[CH][GeH2][CH]=C. The van der Waals surface area contributed by atoms with E-state index in [1.165, 1.54) is 0 Å². The molecule has 0 radical (unpaired) electrons. The zero-order valence-corrected chi connectivity index (χ0v) is 6.24. The van der Waals surface area contributed by atoms with E-state index in [9.17, 15) is 0 Å². The zero-order chi connectivity index (χ0) is 4.12. The molecule has 1 heteroatoms. The fraction of sp³-hybridized carbons (Fsp3) is 0. The van der Waals surface area contributed by atoms with E-state index >= 15 is 0 Å². The Labute approximate surface area is 39.1 Å². The Balaban J connectivity index is 2.65. The summed E-state index contributed by atoms with van der Waals surface area (Å²) in [4.78, 5) is 4.00. The van der Waals surface area contributed by atoms with Gasteiger partial charge in [0.2, 0.25) is 0 Å². The molecule has 0 fully saturated rings. The van der Waals surface area contributed by atoms with Gasteiger partial charge in [0, 0.05) is 0 Å². The summed E-state index contributed by atoms with van der Waals surface area (Å²) >= 11 is -0.375. The molecule has 0 aliphatic heterocycles. The van der Waals surface area contributed by atoms with Crippen LogP contribution in [0.2, 0.25) is 0 Å². The van der Waals surface area contributed by atoms with E-state index in [-0.39, 0.29) is 15.4 Å². The molecule has 0 heterocycles. The van der Waals surface area contributed by atoms with Crippen LogP contribution < -0.4 is 0 Å². The van der Waals surface area contributed by atoms with Crippen LogP contribution in [0.3, 0.4) is 0 Å². The van der Waals surface area contributed by atoms with Crippen LogP contribution in [0.15, 0.2) is 23.0 Å². The molecule has 0 aromatic carbocycles. The molecule has 0 amide bonds. The van der Waals surface area contributed by atoms with Crippen LogP contribution in [0.1, 0.15) is 0 Å². The summed E-state index contributed by atoms with van der Waals surface area (Å²) in [6.45, 7) is 7.12. The maximum absolute atomic E-state index is 3.56. The summed E-state index contributed by atoms with van der Waals surface area (Å²) in [5.41, 5.74) is 0. The Kier molecular flexibility index (Phi) is 4.04. The molecule has 0 atom stereocenters. The van der Waals surface area contributed by atoms with Gasteiger partial charge in [0.25, 0.3) is 0 Å². The second kappa shape index (κ2) is 4.02. The van der Waals surface area contributed by atoms with E-state index in [0.29, 0.717) is 0 Å². The van der Waals surface area contributed by atoms with Crippen molar-refractivity contribution in [3.63, 3.8) is 0 Å². The first-order valence-corrected chi connectivity index (χ1v) is 5.06. The second-order valence-electron chi connectivity index (χ2n) is 0.813. The summed E-state index contributed by atoms with van der Waals surface area (Å²) in [5.74, 6) is 0.